The van der Waals surface area contributed by atoms with Crippen molar-refractivity contribution in [3.63, 3.8) is 0 Å². The summed E-state index contributed by atoms with van der Waals surface area (Å²) in [7, 11) is 0. The number of benzene rings is 5. The molecule has 21 heterocycles. The number of rotatable bonds is 0. The Morgan fingerprint density at radius 2 is 0.583 bits per heavy atom. The first-order valence-electron chi connectivity index (χ1n) is 25.2. The molecule has 28 bridgehead atoms. The first-order chi connectivity index (χ1) is 35.4. The zero-order valence-corrected chi connectivity index (χ0v) is 38.3. The standard InChI is InChI=1S/C64H36N8/c1-9-35-10-2-31(1)43-21-44-32-3-11-36(12-4-32)58-67-49-25-62(26-50(49)68-58)61(23-47-48(24-61)66-57(35)65-47)63-27-51-52(28-63)70-59(69-51)37-13-5-33(6-14-37)45-22-46(42-20-19-40(44)55-39(43)17-18-41(45)56(42)55)34-7-15-38(16-8-34)60-71-53-29-64(62,63)30-54(53)72-60/h1-30,39,41H,(H,65,66)(H,67,68)(H,69,70)(H,71,72). The van der Waals surface area contributed by atoms with Crippen molar-refractivity contribution in [2.45, 2.75) is 11.8 Å². The zero-order chi connectivity index (χ0) is 46.2. The van der Waals surface area contributed by atoms with Gasteiger partial charge in [0, 0.05) is 55.7 Å². The lowest BCUT2D eigenvalue weighted by atomic mass is 9.25. The third kappa shape index (κ3) is 3.76. The van der Waals surface area contributed by atoms with Gasteiger partial charge in [0.05, 0.1) is 42.8 Å². The highest BCUT2D eigenvalue weighted by molar-refractivity contribution is 5.98. The summed E-state index contributed by atoms with van der Waals surface area (Å²) in [5.74, 6) is 3.51. The normalized spacial score (nSPS) is 27.2. The number of H-pyrrole nitrogens is 4. The number of hydrogen-bond acceptors (Lipinski definition) is 4. The van der Waals surface area contributed by atoms with Crippen LogP contribution in [0.5, 0.6) is 0 Å². The summed E-state index contributed by atoms with van der Waals surface area (Å²) >= 11 is 0. The van der Waals surface area contributed by atoms with Crippen molar-refractivity contribution >= 4 is 70.9 Å². The Morgan fingerprint density at radius 1 is 0.306 bits per heavy atom. The van der Waals surface area contributed by atoms with Crippen LogP contribution in [0.1, 0.15) is 45.2 Å². The lowest BCUT2D eigenvalue weighted by Gasteiger charge is -2.74. The van der Waals surface area contributed by atoms with Crippen LogP contribution in [-0.2, 0) is 0 Å². The number of nitrogens with zero attached hydrogens (tertiary/aromatic N) is 4. The molecule has 72 heavy (non-hydrogen) atoms. The molecule has 4 N–H and O–H groups in total. The van der Waals surface area contributed by atoms with Gasteiger partial charge in [0.2, 0.25) is 0 Å². The van der Waals surface area contributed by atoms with E-state index in [4.69, 9.17) is 19.9 Å². The average molecular weight is 917 g/mol. The highest BCUT2D eigenvalue weighted by atomic mass is 15.0. The van der Waals surface area contributed by atoms with Crippen molar-refractivity contribution in [2.75, 3.05) is 0 Å². The van der Waals surface area contributed by atoms with E-state index in [1.165, 1.54) is 66.1 Å². The van der Waals surface area contributed by atoms with E-state index in [0.29, 0.717) is 0 Å². The van der Waals surface area contributed by atoms with Crippen LogP contribution >= 0.6 is 0 Å². The maximum absolute atomic E-state index is 5.47. The van der Waals surface area contributed by atoms with Gasteiger partial charge in [-0.05, 0) is 127 Å². The summed E-state index contributed by atoms with van der Waals surface area (Å²) < 4.78 is 0. The quantitative estimate of drug-likeness (QED) is 0.173. The van der Waals surface area contributed by atoms with Crippen LogP contribution in [-0.4, -0.2) is 39.9 Å². The maximum Gasteiger partial charge on any atom is 0.138 e. The summed E-state index contributed by atoms with van der Waals surface area (Å²) in [6, 6.07) is 41.2. The van der Waals surface area contributed by atoms with Gasteiger partial charge in [-0.25, -0.2) is 19.9 Å². The number of imidazole rings is 4. The molecule has 8 nitrogen and oxygen atoms in total. The van der Waals surface area contributed by atoms with Gasteiger partial charge in [0.25, 0.3) is 0 Å². The zero-order valence-electron chi connectivity index (χ0n) is 38.3. The fraction of sp³-hybridized carbons (Fsp3) is 0.0938. The molecule has 0 radical (unpaired) electrons. The summed E-state index contributed by atoms with van der Waals surface area (Å²) in [6.45, 7) is 0. The van der Waals surface area contributed by atoms with Gasteiger partial charge in [-0.2, -0.15) is 0 Å². The van der Waals surface area contributed by atoms with Gasteiger partial charge in [0.15, 0.2) is 0 Å². The Morgan fingerprint density at radius 3 is 0.875 bits per heavy atom. The highest BCUT2D eigenvalue weighted by Crippen LogP contribution is 2.85. The third-order valence-electron chi connectivity index (χ3n) is 18.9. The fourth-order valence-electron chi connectivity index (χ4n) is 15.8. The maximum atomic E-state index is 5.47. The van der Waals surface area contributed by atoms with Crippen molar-refractivity contribution in [1.29, 1.82) is 0 Å². The largest absolute Gasteiger partial charge is 0.338 e. The molecule has 8 heteroatoms. The van der Waals surface area contributed by atoms with E-state index in [1.54, 1.807) is 0 Å². The smallest absolute Gasteiger partial charge is 0.138 e. The first kappa shape index (κ1) is 35.9. The van der Waals surface area contributed by atoms with E-state index in [1.807, 2.05) is 0 Å². The summed E-state index contributed by atoms with van der Waals surface area (Å²) in [6.07, 6.45) is 29.6. The summed E-state index contributed by atoms with van der Waals surface area (Å²) in [5, 5.41) is 10.4. The molecular weight excluding hydrogens is 881 g/mol. The predicted octanol–water partition coefficient (Wildman–Crippen LogP) is 3.87. The SMILES string of the molecule is C1=CC2C3=CC4=c5ccc6c(c52)C1C1=CC=6c2ccc(cc2)-c2nc5c([nH]2)=CC2(C=5)[C@]5(C=c6nc([nH]c6=C5)-c5ccc1cc5)C1(C=c5nc([nH]c5=C1)-c1ccc3cc1)[C@]21C=c2nc([nH]c2=C1)-c1ccc4cc1. The number of allylic oxidation sites excluding steroid dienone is 6. The molecule has 9 aromatic rings. The van der Waals surface area contributed by atoms with Gasteiger partial charge >= 0.3 is 0 Å². The number of aromatic nitrogens is 8. The Bertz CT molecular complexity index is 4570. The third-order valence-corrected chi connectivity index (χ3v) is 18.9. The van der Waals surface area contributed by atoms with Crippen molar-refractivity contribution in [3.8, 4) is 45.6 Å². The number of nitrogens with one attached hydrogen (secondary N) is 4. The fourth-order valence-corrected chi connectivity index (χ4v) is 15.8. The van der Waals surface area contributed by atoms with Gasteiger partial charge in [0.1, 0.15) is 23.3 Å². The molecule has 1 fully saturated rings. The molecule has 34 rings (SSSR count). The summed E-state index contributed by atoms with van der Waals surface area (Å²) in [5.41, 5.74) is 14.2. The lowest BCUT2D eigenvalue weighted by Crippen LogP contribution is -2.72. The van der Waals surface area contributed by atoms with Crippen molar-refractivity contribution in [3.05, 3.63) is 220 Å². The van der Waals surface area contributed by atoms with E-state index in [0.717, 1.165) is 88.3 Å². The van der Waals surface area contributed by atoms with E-state index in [2.05, 4.69) is 202 Å². The van der Waals surface area contributed by atoms with Crippen LogP contribution in [0.25, 0.3) is 116 Å². The average Bonchev–Trinajstić information content (AvgIpc) is 4.30. The second kappa shape index (κ2) is 11.2. The number of hydrogen-bond donors (Lipinski definition) is 4. The van der Waals surface area contributed by atoms with Crippen molar-refractivity contribution in [1.82, 2.24) is 39.9 Å². The van der Waals surface area contributed by atoms with Gasteiger partial charge in [-0.15, -0.1) is 0 Å². The lowest BCUT2D eigenvalue weighted by molar-refractivity contribution is -0.0404. The molecule has 0 saturated heterocycles. The molecule has 1 saturated carbocycles. The molecule has 8 aliphatic carbocycles. The second-order valence-corrected chi connectivity index (χ2v) is 21.8. The minimum Gasteiger partial charge on any atom is -0.338 e. The van der Waals surface area contributed by atoms with Crippen LogP contribution in [0, 0.1) is 21.7 Å². The highest BCUT2D eigenvalue weighted by Gasteiger charge is 2.83. The molecular formula is C64H36N8. The Hall–Kier alpha value is -9.14. The molecule has 6 atom stereocenters. The van der Waals surface area contributed by atoms with Gasteiger partial charge in [-0.3, -0.25) is 0 Å². The molecule has 0 amide bonds. The molecule has 5 aromatic carbocycles. The number of aromatic amines is 4. The molecule has 4 spiro atoms. The Balaban J connectivity index is 1.01. The molecule has 4 aromatic heterocycles. The van der Waals surface area contributed by atoms with Crippen LogP contribution in [0.3, 0.4) is 0 Å². The minimum absolute atomic E-state index is 0.0380. The summed E-state index contributed by atoms with van der Waals surface area (Å²) in [4.78, 5) is 37.3. The van der Waals surface area contributed by atoms with E-state index < -0.39 is 21.7 Å². The van der Waals surface area contributed by atoms with Crippen molar-refractivity contribution < 1.29 is 0 Å². The van der Waals surface area contributed by atoms with Crippen LogP contribution in [0.2, 0.25) is 0 Å². The van der Waals surface area contributed by atoms with Crippen LogP contribution in [0.15, 0.2) is 133 Å². The second-order valence-electron chi connectivity index (χ2n) is 21.8. The predicted molar refractivity (Wildman–Crippen MR) is 280 cm³/mol. The topological polar surface area (TPSA) is 115 Å². The van der Waals surface area contributed by atoms with Gasteiger partial charge < -0.3 is 19.9 Å². The molecule has 332 valence electrons. The van der Waals surface area contributed by atoms with Crippen LogP contribution in [0.4, 0.5) is 0 Å². The van der Waals surface area contributed by atoms with Gasteiger partial charge in [-0.1, -0.05) is 121 Å². The van der Waals surface area contributed by atoms with Crippen LogP contribution < -0.4 is 53.2 Å². The molecule has 25 aliphatic rings. The van der Waals surface area contributed by atoms with E-state index >= 15 is 0 Å². The molecule has 4 unspecified atom stereocenters. The first-order valence-corrected chi connectivity index (χ1v) is 25.2. The van der Waals surface area contributed by atoms with Crippen molar-refractivity contribution in [2.24, 2.45) is 21.7 Å². The molecule has 17 aliphatic heterocycles. The Labute approximate surface area is 408 Å². The van der Waals surface area contributed by atoms with E-state index in [9.17, 15) is 0 Å². The van der Waals surface area contributed by atoms with E-state index in [-0.39, 0.29) is 11.8 Å². The monoisotopic (exact) mass is 916 g/mol. The minimum atomic E-state index is -0.621. The Kier molecular flexibility index (Phi) is 5.60.